The molecule has 0 spiro atoms. The smallest absolute Gasteiger partial charge is 0.426 e. The Hall–Kier alpha value is -3.32. The zero-order valence-electron chi connectivity index (χ0n) is 15.1. The molecule has 3 rings (SSSR count). The molecule has 2 aromatic carbocycles. The predicted molar refractivity (Wildman–Crippen MR) is 106 cm³/mol. The van der Waals surface area contributed by atoms with E-state index in [1.165, 1.54) is 11.7 Å². The molecule has 28 heavy (non-hydrogen) atoms. The van der Waals surface area contributed by atoms with Crippen LogP contribution in [-0.2, 0) is 11.3 Å². The van der Waals surface area contributed by atoms with Crippen molar-refractivity contribution in [3.63, 3.8) is 0 Å². The highest BCUT2D eigenvalue weighted by Crippen LogP contribution is 2.25. The molecule has 0 bridgehead atoms. The Kier molecular flexibility index (Phi) is 5.96. The van der Waals surface area contributed by atoms with E-state index in [4.69, 9.17) is 11.6 Å². The number of carbonyl (C=O) groups excluding carboxylic acids is 2. The number of ether oxygens (including phenoxy) is 1. The van der Waals surface area contributed by atoms with Crippen molar-refractivity contribution in [2.45, 2.75) is 6.54 Å². The lowest BCUT2D eigenvalue weighted by Gasteiger charge is -2.10. The molecule has 3 aromatic rings. The van der Waals surface area contributed by atoms with Gasteiger partial charge in [-0.1, -0.05) is 60.7 Å². The van der Waals surface area contributed by atoms with E-state index in [1.54, 1.807) is 54.6 Å². The third kappa shape index (κ3) is 3.70. The van der Waals surface area contributed by atoms with E-state index in [2.05, 4.69) is 10.2 Å². The first-order valence-corrected chi connectivity index (χ1v) is 9.03. The van der Waals surface area contributed by atoms with Crippen LogP contribution >= 0.6 is 11.6 Å². The number of methoxy groups -OCH3 is 1. The number of benzene rings is 2. The minimum Gasteiger partial charge on any atom is -0.452 e. The number of rotatable bonds is 6. The highest BCUT2D eigenvalue weighted by Gasteiger charge is 2.28. The van der Waals surface area contributed by atoms with E-state index >= 15 is 0 Å². The highest BCUT2D eigenvalue weighted by atomic mass is 35.5. The van der Waals surface area contributed by atoms with Crippen molar-refractivity contribution in [3.8, 4) is 11.3 Å². The van der Waals surface area contributed by atoms with E-state index in [0.29, 0.717) is 16.8 Å². The quantitative estimate of drug-likeness (QED) is 0.510. The van der Waals surface area contributed by atoms with Gasteiger partial charge in [-0.15, -0.1) is 11.6 Å². The molecule has 0 aliphatic rings. The molecule has 1 aromatic heterocycles. The second-order valence-electron chi connectivity index (χ2n) is 5.82. The Morgan fingerprint density at radius 1 is 1.04 bits per heavy atom. The number of carbonyl (C=O) groups is 2. The zero-order chi connectivity index (χ0) is 20.1. The molecule has 1 N–H and O–H groups in total. The molecule has 1 amide bonds. The molecule has 8 heteroatoms. The number of aromatic nitrogens is 2. The average molecular weight is 400 g/mol. The van der Waals surface area contributed by atoms with Crippen LogP contribution in [0, 0.1) is 0 Å². The predicted octanol–water partition coefficient (Wildman–Crippen LogP) is 3.10. The topological polar surface area (TPSA) is 82.3 Å². The molecule has 0 fully saturated rings. The number of hydrogen-bond donors (Lipinski definition) is 1. The van der Waals surface area contributed by atoms with Gasteiger partial charge in [0.15, 0.2) is 0 Å². The number of nitrogens with one attached hydrogen (secondary N) is 1. The first kappa shape index (κ1) is 19.4. The Labute approximate surface area is 166 Å². The lowest BCUT2D eigenvalue weighted by molar-refractivity contribution is 0.103. The SMILES string of the molecule is COC(=O)Nn1c(C(=O)c2ccccc2)c(-c2ccccc2)n(CCCl)c1=O. The summed E-state index contributed by atoms with van der Waals surface area (Å²) < 4.78 is 6.89. The van der Waals surface area contributed by atoms with Gasteiger partial charge < -0.3 is 4.74 Å². The fraction of sp³-hybridized carbons (Fsp3) is 0.150. The largest absolute Gasteiger partial charge is 0.452 e. The van der Waals surface area contributed by atoms with Gasteiger partial charge in [-0.2, -0.15) is 4.68 Å². The number of alkyl halides is 1. The Morgan fingerprint density at radius 2 is 1.64 bits per heavy atom. The maximum Gasteiger partial charge on any atom is 0.426 e. The van der Waals surface area contributed by atoms with E-state index in [1.807, 2.05) is 6.07 Å². The van der Waals surface area contributed by atoms with Crippen LogP contribution in [0.2, 0.25) is 0 Å². The van der Waals surface area contributed by atoms with Gasteiger partial charge in [-0.3, -0.25) is 9.36 Å². The van der Waals surface area contributed by atoms with E-state index < -0.39 is 17.6 Å². The van der Waals surface area contributed by atoms with Crippen LogP contribution in [-0.4, -0.2) is 34.1 Å². The molecule has 0 atom stereocenters. The highest BCUT2D eigenvalue weighted by molar-refractivity contribution is 6.17. The van der Waals surface area contributed by atoms with Gasteiger partial charge >= 0.3 is 11.8 Å². The van der Waals surface area contributed by atoms with Crippen LogP contribution in [0.25, 0.3) is 11.3 Å². The Morgan fingerprint density at radius 3 is 2.21 bits per heavy atom. The molecular weight excluding hydrogens is 382 g/mol. The molecular formula is C20H18ClN3O4. The van der Waals surface area contributed by atoms with Crippen molar-refractivity contribution in [1.29, 1.82) is 0 Å². The fourth-order valence-corrected chi connectivity index (χ4v) is 3.07. The summed E-state index contributed by atoms with van der Waals surface area (Å²) in [5, 5.41) is 0. The molecule has 0 unspecified atom stereocenters. The standard InChI is InChI=1S/C20H18ClN3O4/c1-28-19(26)22-24-17(18(25)15-10-6-3-7-11-15)16(14-8-4-2-5-9-14)23(13-12-21)20(24)27/h2-11H,12-13H2,1H3,(H,22,26). The van der Waals surface area contributed by atoms with Crippen LogP contribution < -0.4 is 11.1 Å². The number of hydrogen-bond acceptors (Lipinski definition) is 4. The van der Waals surface area contributed by atoms with Gasteiger partial charge in [-0.25, -0.2) is 15.0 Å². The molecule has 0 aliphatic heterocycles. The van der Waals surface area contributed by atoms with Crippen LogP contribution in [0.4, 0.5) is 4.79 Å². The van der Waals surface area contributed by atoms with Gasteiger partial charge in [0, 0.05) is 23.6 Å². The number of amides is 1. The van der Waals surface area contributed by atoms with Crippen molar-refractivity contribution in [1.82, 2.24) is 9.24 Å². The maximum atomic E-state index is 13.3. The Bertz CT molecular complexity index is 1040. The molecule has 7 nitrogen and oxygen atoms in total. The molecule has 0 saturated heterocycles. The lowest BCUT2D eigenvalue weighted by atomic mass is 10.0. The summed E-state index contributed by atoms with van der Waals surface area (Å²) in [4.78, 5) is 38.1. The first-order chi connectivity index (χ1) is 13.6. The summed E-state index contributed by atoms with van der Waals surface area (Å²) in [6.45, 7) is 0.162. The number of imidazole rings is 1. The van der Waals surface area contributed by atoms with Crippen molar-refractivity contribution in [3.05, 3.63) is 82.4 Å². The number of nitrogens with zero attached hydrogens (tertiary/aromatic N) is 2. The van der Waals surface area contributed by atoms with Gasteiger partial charge in [0.25, 0.3) is 0 Å². The first-order valence-electron chi connectivity index (χ1n) is 8.50. The average Bonchev–Trinajstić information content (AvgIpc) is 3.00. The van der Waals surface area contributed by atoms with Gasteiger partial charge in [0.05, 0.1) is 12.8 Å². The van der Waals surface area contributed by atoms with E-state index in [-0.39, 0.29) is 18.1 Å². The van der Waals surface area contributed by atoms with Crippen LogP contribution in [0.15, 0.2) is 65.5 Å². The second-order valence-corrected chi connectivity index (χ2v) is 6.20. The summed E-state index contributed by atoms with van der Waals surface area (Å²) in [6, 6.07) is 17.5. The second kappa shape index (κ2) is 8.58. The van der Waals surface area contributed by atoms with Crippen LogP contribution in [0.5, 0.6) is 0 Å². The summed E-state index contributed by atoms with van der Waals surface area (Å²) in [6.07, 6.45) is -0.869. The number of ketones is 1. The van der Waals surface area contributed by atoms with Crippen molar-refractivity contribution in [2.75, 3.05) is 18.4 Å². The van der Waals surface area contributed by atoms with Crippen molar-refractivity contribution >= 4 is 23.5 Å². The third-order valence-corrected chi connectivity index (χ3v) is 4.30. The number of halogens is 1. The molecule has 0 radical (unpaired) electrons. The fourth-order valence-electron chi connectivity index (χ4n) is 2.90. The van der Waals surface area contributed by atoms with Crippen LogP contribution in [0.3, 0.4) is 0 Å². The van der Waals surface area contributed by atoms with Gasteiger partial charge in [-0.05, 0) is 0 Å². The molecule has 1 heterocycles. The van der Waals surface area contributed by atoms with Crippen LogP contribution in [0.1, 0.15) is 16.1 Å². The third-order valence-electron chi connectivity index (χ3n) is 4.13. The molecule has 0 saturated carbocycles. The summed E-state index contributed by atoms with van der Waals surface area (Å²) in [7, 11) is 1.17. The van der Waals surface area contributed by atoms with Crippen molar-refractivity contribution < 1.29 is 14.3 Å². The lowest BCUT2D eigenvalue weighted by Crippen LogP contribution is -2.36. The molecule has 0 aliphatic carbocycles. The minimum atomic E-state index is -0.869. The minimum absolute atomic E-state index is 0.0258. The normalized spacial score (nSPS) is 10.5. The monoisotopic (exact) mass is 399 g/mol. The van der Waals surface area contributed by atoms with E-state index in [0.717, 1.165) is 4.68 Å². The van der Waals surface area contributed by atoms with E-state index in [9.17, 15) is 14.4 Å². The molecule has 144 valence electrons. The van der Waals surface area contributed by atoms with Gasteiger partial charge in [0.1, 0.15) is 5.69 Å². The summed E-state index contributed by atoms with van der Waals surface area (Å²) in [5.74, 6) is -0.262. The Balaban J connectivity index is 2.32. The maximum absolute atomic E-state index is 13.3. The van der Waals surface area contributed by atoms with Gasteiger partial charge in [0.2, 0.25) is 5.78 Å². The zero-order valence-corrected chi connectivity index (χ0v) is 15.8. The summed E-state index contributed by atoms with van der Waals surface area (Å²) in [5.41, 5.74) is 3.16. The summed E-state index contributed by atoms with van der Waals surface area (Å²) >= 11 is 5.89. The van der Waals surface area contributed by atoms with Crippen molar-refractivity contribution in [2.24, 2.45) is 0 Å².